The van der Waals surface area contributed by atoms with Crippen LogP contribution in [0, 0.1) is 0 Å². The molecule has 0 heterocycles. The van der Waals surface area contributed by atoms with Crippen LogP contribution in [0.15, 0.2) is 42.5 Å². The van der Waals surface area contributed by atoms with Crippen LogP contribution in [0.25, 0.3) is 0 Å². The third-order valence-corrected chi connectivity index (χ3v) is 6.99. The average molecular weight is 540 g/mol. The van der Waals surface area contributed by atoms with Gasteiger partial charge in [-0.3, -0.25) is 9.59 Å². The van der Waals surface area contributed by atoms with Crippen molar-refractivity contribution >= 4 is 17.4 Å². The summed E-state index contributed by atoms with van der Waals surface area (Å²) in [6, 6.07) is 13.4. The van der Waals surface area contributed by atoms with E-state index in [4.69, 9.17) is 0 Å². The van der Waals surface area contributed by atoms with Crippen molar-refractivity contribution in [3.8, 4) is 0 Å². The molecular weight excluding hydrogens is 490 g/mol. The normalized spacial score (nSPS) is 11.7. The van der Waals surface area contributed by atoms with E-state index in [1.54, 1.807) is 19.2 Å². The second-order valence-electron chi connectivity index (χ2n) is 10.9. The number of aryl methyl sites for hydroxylation is 1. The van der Waals surface area contributed by atoms with Gasteiger partial charge in [0.2, 0.25) is 5.79 Å². The highest BCUT2D eigenvalue weighted by molar-refractivity contribution is 6.01. The van der Waals surface area contributed by atoms with Gasteiger partial charge >= 0.3 is 0 Å². The maximum atomic E-state index is 12.9. The number of ketones is 1. The van der Waals surface area contributed by atoms with Crippen LogP contribution in [0.2, 0.25) is 0 Å². The molecule has 0 aliphatic carbocycles. The van der Waals surface area contributed by atoms with E-state index in [2.05, 4.69) is 49.3 Å². The molecule has 0 atom stereocenters. The van der Waals surface area contributed by atoms with Gasteiger partial charge < -0.3 is 25.7 Å². The van der Waals surface area contributed by atoms with Crippen LogP contribution < -0.4 is 15.5 Å². The van der Waals surface area contributed by atoms with E-state index in [1.807, 2.05) is 31.2 Å². The van der Waals surface area contributed by atoms with E-state index in [0.717, 1.165) is 44.1 Å². The molecule has 0 saturated heterocycles. The molecule has 7 heteroatoms. The lowest BCUT2D eigenvalue weighted by atomic mass is 9.95. The second kappa shape index (κ2) is 15.8. The number of rotatable bonds is 17. The highest BCUT2D eigenvalue weighted by Gasteiger charge is 2.33. The standard InChI is InChI=1S/C32H49N3O4/c1-7-14-29(36)26-17-12-16-25(21-26)15-10-8-9-11-20-34-22-32(38,39)27-18-13-19-28(30(27)31(37)33-6)35(23(2)3)24(4)5/h12-13,16-19,21,23-24,34,38-39H,7-11,14-15,20,22H2,1-6H3,(H,33,37). The molecule has 7 nitrogen and oxygen atoms in total. The summed E-state index contributed by atoms with van der Waals surface area (Å²) in [5.41, 5.74) is 3.17. The lowest BCUT2D eigenvalue weighted by molar-refractivity contribution is -0.165. The quantitative estimate of drug-likeness (QED) is 0.126. The van der Waals surface area contributed by atoms with E-state index in [0.29, 0.717) is 18.7 Å². The monoisotopic (exact) mass is 539 g/mol. The van der Waals surface area contributed by atoms with Gasteiger partial charge in [0.15, 0.2) is 5.78 Å². The number of hydrogen-bond acceptors (Lipinski definition) is 6. The summed E-state index contributed by atoms with van der Waals surface area (Å²) < 4.78 is 0. The Kier molecular flexibility index (Phi) is 13.1. The number of benzene rings is 2. The predicted octanol–water partition coefficient (Wildman–Crippen LogP) is 5.18. The van der Waals surface area contributed by atoms with Crippen LogP contribution in [0.4, 0.5) is 5.69 Å². The molecule has 4 N–H and O–H groups in total. The fourth-order valence-corrected chi connectivity index (χ4v) is 5.17. The number of anilines is 1. The van der Waals surface area contributed by atoms with Crippen molar-refractivity contribution in [3.05, 3.63) is 64.7 Å². The van der Waals surface area contributed by atoms with Gasteiger partial charge in [0.05, 0.1) is 17.8 Å². The molecule has 0 aliphatic heterocycles. The Bertz CT molecular complexity index is 1060. The Hall–Kier alpha value is -2.74. The minimum atomic E-state index is -2.20. The Balaban J connectivity index is 1.90. The van der Waals surface area contributed by atoms with Crippen LogP contribution in [-0.4, -0.2) is 54.1 Å². The number of aliphatic hydroxyl groups is 2. The minimum absolute atomic E-state index is 0.0810. The number of nitrogens with zero attached hydrogens (tertiary/aromatic N) is 1. The van der Waals surface area contributed by atoms with Gasteiger partial charge in [-0.25, -0.2) is 0 Å². The molecule has 2 aromatic carbocycles. The Labute approximate surface area is 235 Å². The average Bonchev–Trinajstić information content (AvgIpc) is 2.89. The van der Waals surface area contributed by atoms with E-state index in [1.165, 1.54) is 5.56 Å². The lowest BCUT2D eigenvalue weighted by Crippen LogP contribution is -2.42. The molecule has 0 spiro atoms. The molecule has 0 radical (unpaired) electrons. The minimum Gasteiger partial charge on any atom is -0.366 e. The first kappa shape index (κ1) is 32.5. The summed E-state index contributed by atoms with van der Waals surface area (Å²) in [5.74, 6) is -2.34. The van der Waals surface area contributed by atoms with Gasteiger partial charge in [-0.15, -0.1) is 0 Å². The Morgan fingerprint density at radius 3 is 2.26 bits per heavy atom. The summed E-state index contributed by atoms with van der Waals surface area (Å²) in [6.45, 7) is 10.8. The lowest BCUT2D eigenvalue weighted by Gasteiger charge is -2.36. The number of unbranched alkanes of at least 4 members (excludes halogenated alkanes) is 3. The number of nitrogens with one attached hydrogen (secondary N) is 2. The molecule has 2 aromatic rings. The van der Waals surface area contributed by atoms with Gasteiger partial charge in [-0.05, 0) is 77.6 Å². The van der Waals surface area contributed by atoms with Crippen LogP contribution >= 0.6 is 0 Å². The molecule has 0 fully saturated rings. The largest absolute Gasteiger partial charge is 0.366 e. The fraction of sp³-hybridized carbons (Fsp3) is 0.562. The van der Waals surface area contributed by atoms with E-state index in [-0.39, 0.29) is 41.4 Å². The first-order chi connectivity index (χ1) is 18.5. The van der Waals surface area contributed by atoms with Crippen LogP contribution in [0.1, 0.15) is 105 Å². The van der Waals surface area contributed by atoms with E-state index in [9.17, 15) is 19.8 Å². The van der Waals surface area contributed by atoms with Gasteiger partial charge in [-0.1, -0.05) is 50.1 Å². The van der Waals surface area contributed by atoms with E-state index < -0.39 is 5.79 Å². The molecule has 216 valence electrons. The molecule has 0 aliphatic rings. The second-order valence-corrected chi connectivity index (χ2v) is 10.9. The van der Waals surface area contributed by atoms with Crippen molar-refractivity contribution in [2.45, 2.75) is 97.4 Å². The number of carbonyl (C=O) groups excluding carboxylic acids is 2. The summed E-state index contributed by atoms with van der Waals surface area (Å²) in [7, 11) is 1.55. The van der Waals surface area contributed by atoms with E-state index >= 15 is 0 Å². The number of hydrogen-bond donors (Lipinski definition) is 4. The number of amides is 1. The molecule has 0 aromatic heterocycles. The predicted molar refractivity (Wildman–Crippen MR) is 159 cm³/mol. The van der Waals surface area contributed by atoms with Gasteiger partial charge in [0, 0.05) is 36.7 Å². The summed E-state index contributed by atoms with van der Waals surface area (Å²) in [4.78, 5) is 27.2. The van der Waals surface area contributed by atoms with Crippen molar-refractivity contribution in [2.75, 3.05) is 25.0 Å². The SMILES string of the molecule is CCCC(=O)c1cccc(CCCCCCNCC(O)(O)c2cccc(N(C(C)C)C(C)C)c2C(=O)NC)c1. The number of carbonyl (C=O) groups is 2. The van der Waals surface area contributed by atoms with Crippen LogP contribution in [0.5, 0.6) is 0 Å². The summed E-state index contributed by atoms with van der Waals surface area (Å²) in [6.07, 6.45) is 6.41. The molecule has 0 unspecified atom stereocenters. The molecular formula is C32H49N3O4. The van der Waals surface area contributed by atoms with Gasteiger partial charge in [0.25, 0.3) is 5.91 Å². The third kappa shape index (κ3) is 9.45. The highest BCUT2D eigenvalue weighted by atomic mass is 16.5. The zero-order valence-corrected chi connectivity index (χ0v) is 24.7. The molecule has 0 saturated carbocycles. The fourth-order valence-electron chi connectivity index (χ4n) is 5.17. The molecule has 2 rings (SSSR count). The number of Topliss-reactive ketones (excluding diaryl/α,β-unsaturated/α-hetero) is 1. The third-order valence-electron chi connectivity index (χ3n) is 6.99. The van der Waals surface area contributed by atoms with Gasteiger partial charge in [-0.2, -0.15) is 0 Å². The Morgan fingerprint density at radius 2 is 1.62 bits per heavy atom. The van der Waals surface area contributed by atoms with Crippen molar-refractivity contribution in [1.82, 2.24) is 10.6 Å². The molecule has 1 amide bonds. The smallest absolute Gasteiger partial charge is 0.253 e. The summed E-state index contributed by atoms with van der Waals surface area (Å²) in [5, 5.41) is 27.9. The van der Waals surface area contributed by atoms with Gasteiger partial charge in [0.1, 0.15) is 0 Å². The maximum Gasteiger partial charge on any atom is 0.253 e. The zero-order valence-electron chi connectivity index (χ0n) is 24.7. The first-order valence-electron chi connectivity index (χ1n) is 14.4. The highest BCUT2D eigenvalue weighted by Crippen LogP contribution is 2.32. The Morgan fingerprint density at radius 1 is 0.949 bits per heavy atom. The van der Waals surface area contributed by atoms with Crippen LogP contribution in [-0.2, 0) is 12.2 Å². The van der Waals surface area contributed by atoms with Crippen molar-refractivity contribution in [2.24, 2.45) is 0 Å². The first-order valence-corrected chi connectivity index (χ1v) is 14.4. The maximum absolute atomic E-state index is 12.9. The molecule has 0 bridgehead atoms. The van der Waals surface area contributed by atoms with Crippen LogP contribution in [0.3, 0.4) is 0 Å². The van der Waals surface area contributed by atoms with Crippen molar-refractivity contribution in [1.29, 1.82) is 0 Å². The topological polar surface area (TPSA) is 102 Å². The zero-order chi connectivity index (χ0) is 29.0. The summed E-state index contributed by atoms with van der Waals surface area (Å²) >= 11 is 0. The van der Waals surface area contributed by atoms with Crippen molar-refractivity contribution < 1.29 is 19.8 Å². The van der Waals surface area contributed by atoms with Crippen molar-refractivity contribution in [3.63, 3.8) is 0 Å². The molecule has 39 heavy (non-hydrogen) atoms.